The highest BCUT2D eigenvalue weighted by Crippen LogP contribution is 2.15. The lowest BCUT2D eigenvalue weighted by atomic mass is 10.1. The van der Waals surface area contributed by atoms with Crippen LogP contribution in [0.25, 0.3) is 5.69 Å². The van der Waals surface area contributed by atoms with Crippen molar-refractivity contribution in [2.24, 2.45) is 4.99 Å². The second-order valence-electron chi connectivity index (χ2n) is 6.61. The van der Waals surface area contributed by atoms with Crippen molar-refractivity contribution < 1.29 is 5.11 Å². The molecule has 0 bridgehead atoms. The number of aliphatic hydroxyl groups excluding tert-OH is 1. The molecule has 30 heavy (non-hydrogen) atoms. The molecule has 0 saturated heterocycles. The number of guanidine groups is 1. The summed E-state index contributed by atoms with van der Waals surface area (Å²) >= 11 is 5.94. The Morgan fingerprint density at radius 3 is 2.57 bits per heavy atom. The molecule has 3 rings (SSSR count). The first-order valence-electron chi connectivity index (χ1n) is 9.70. The molecule has 2 aromatic carbocycles. The number of halogens is 2. The quantitative estimate of drug-likeness (QED) is 0.226. The molecule has 1 atom stereocenters. The summed E-state index contributed by atoms with van der Waals surface area (Å²) in [6.07, 6.45) is 3.86. The molecular formula is C22H27ClIN5O. The zero-order valence-corrected chi connectivity index (χ0v) is 19.9. The van der Waals surface area contributed by atoms with Gasteiger partial charge in [-0.15, -0.1) is 24.0 Å². The van der Waals surface area contributed by atoms with Crippen LogP contribution in [0.15, 0.2) is 72.0 Å². The topological polar surface area (TPSA) is 74.5 Å². The molecule has 3 N–H and O–H groups in total. The van der Waals surface area contributed by atoms with E-state index in [4.69, 9.17) is 11.6 Å². The van der Waals surface area contributed by atoms with Gasteiger partial charge < -0.3 is 15.7 Å². The number of hydrogen-bond donors (Lipinski definition) is 3. The molecule has 1 aromatic heterocycles. The second-order valence-corrected chi connectivity index (χ2v) is 7.04. The highest BCUT2D eigenvalue weighted by atomic mass is 127. The number of aliphatic imine (C=N–C) groups is 1. The summed E-state index contributed by atoms with van der Waals surface area (Å²) in [7, 11) is 0. The summed E-state index contributed by atoms with van der Waals surface area (Å²) in [4.78, 5) is 4.61. The fraction of sp³-hybridized carbons (Fsp3) is 0.273. The summed E-state index contributed by atoms with van der Waals surface area (Å²) in [5.74, 6) is 0.715. The van der Waals surface area contributed by atoms with E-state index >= 15 is 0 Å². The Kier molecular flexibility index (Phi) is 10.1. The second kappa shape index (κ2) is 12.6. The van der Waals surface area contributed by atoms with Gasteiger partial charge in [0.05, 0.1) is 24.5 Å². The number of nitrogens with zero attached hydrogens (tertiary/aromatic N) is 3. The third kappa shape index (κ3) is 7.30. The standard InChI is InChI=1S/C22H26ClN5O.HI/c1-2-24-22(25-13-12-21(29)18-6-4-3-5-7-18)26-14-17-15-27-28(16-17)20-10-8-19(23)9-11-20;/h3-11,15-16,21,29H,2,12-14H2,1H3,(H2,24,25,26);1H. The predicted octanol–water partition coefficient (Wildman–Crippen LogP) is 4.32. The summed E-state index contributed by atoms with van der Waals surface area (Å²) in [6, 6.07) is 17.2. The highest BCUT2D eigenvalue weighted by Gasteiger charge is 2.07. The van der Waals surface area contributed by atoms with Crippen LogP contribution >= 0.6 is 35.6 Å². The van der Waals surface area contributed by atoms with Gasteiger partial charge in [0.15, 0.2) is 5.96 Å². The van der Waals surface area contributed by atoms with Gasteiger partial charge in [-0.3, -0.25) is 0 Å². The Bertz CT molecular complexity index is 915. The van der Waals surface area contributed by atoms with Crippen LogP contribution in [0.1, 0.15) is 30.6 Å². The monoisotopic (exact) mass is 539 g/mol. The first kappa shape index (κ1) is 24.2. The minimum atomic E-state index is -0.496. The van der Waals surface area contributed by atoms with E-state index in [9.17, 15) is 5.11 Å². The van der Waals surface area contributed by atoms with Gasteiger partial charge in [-0.25, -0.2) is 9.67 Å². The average Bonchev–Trinajstić information content (AvgIpc) is 3.22. The molecular weight excluding hydrogens is 513 g/mol. The van der Waals surface area contributed by atoms with Gasteiger partial charge in [0.25, 0.3) is 0 Å². The van der Waals surface area contributed by atoms with Crippen molar-refractivity contribution in [1.82, 2.24) is 20.4 Å². The normalized spacial score (nSPS) is 12.2. The van der Waals surface area contributed by atoms with E-state index in [1.165, 1.54) is 0 Å². The third-order valence-electron chi connectivity index (χ3n) is 4.39. The van der Waals surface area contributed by atoms with E-state index in [1.54, 1.807) is 10.9 Å². The molecule has 0 aliphatic heterocycles. The lowest BCUT2D eigenvalue weighted by molar-refractivity contribution is 0.168. The Hall–Kier alpha value is -2.10. The van der Waals surface area contributed by atoms with Crippen LogP contribution in [-0.4, -0.2) is 33.9 Å². The number of aromatic nitrogens is 2. The van der Waals surface area contributed by atoms with Crippen molar-refractivity contribution in [3.8, 4) is 5.69 Å². The smallest absolute Gasteiger partial charge is 0.191 e. The van der Waals surface area contributed by atoms with Gasteiger partial charge in [-0.2, -0.15) is 5.10 Å². The summed E-state index contributed by atoms with van der Waals surface area (Å²) in [5.41, 5.74) is 2.87. The van der Waals surface area contributed by atoms with Crippen LogP contribution < -0.4 is 10.6 Å². The van der Waals surface area contributed by atoms with Crippen molar-refractivity contribution in [2.75, 3.05) is 13.1 Å². The average molecular weight is 540 g/mol. The molecule has 1 heterocycles. The molecule has 3 aromatic rings. The van der Waals surface area contributed by atoms with E-state index in [-0.39, 0.29) is 24.0 Å². The summed E-state index contributed by atoms with van der Waals surface area (Å²) in [5, 5.41) is 21.9. The first-order chi connectivity index (χ1) is 14.2. The van der Waals surface area contributed by atoms with Crippen molar-refractivity contribution in [2.45, 2.75) is 26.0 Å². The fourth-order valence-corrected chi connectivity index (χ4v) is 2.98. The lowest BCUT2D eigenvalue weighted by Gasteiger charge is -2.14. The molecule has 0 spiro atoms. The molecule has 8 heteroatoms. The van der Waals surface area contributed by atoms with Crippen LogP contribution in [0.5, 0.6) is 0 Å². The maximum Gasteiger partial charge on any atom is 0.191 e. The lowest BCUT2D eigenvalue weighted by Crippen LogP contribution is -2.38. The molecule has 0 radical (unpaired) electrons. The number of benzene rings is 2. The van der Waals surface area contributed by atoms with Crippen LogP contribution in [0.2, 0.25) is 5.02 Å². The maximum atomic E-state index is 10.3. The largest absolute Gasteiger partial charge is 0.388 e. The van der Waals surface area contributed by atoms with Crippen LogP contribution in [0, 0.1) is 0 Å². The molecule has 0 aliphatic carbocycles. The van der Waals surface area contributed by atoms with Crippen LogP contribution in [0.4, 0.5) is 0 Å². The molecule has 1 unspecified atom stereocenters. The SMILES string of the molecule is CCNC(=NCc1cnn(-c2ccc(Cl)cc2)c1)NCCC(O)c1ccccc1.I. The minimum Gasteiger partial charge on any atom is -0.388 e. The van der Waals surface area contributed by atoms with E-state index in [1.807, 2.05) is 67.7 Å². The maximum absolute atomic E-state index is 10.3. The summed E-state index contributed by atoms with van der Waals surface area (Å²) < 4.78 is 1.80. The van der Waals surface area contributed by atoms with Crippen molar-refractivity contribution in [1.29, 1.82) is 0 Å². The number of nitrogens with one attached hydrogen (secondary N) is 2. The summed E-state index contributed by atoms with van der Waals surface area (Å²) in [6.45, 7) is 3.90. The van der Waals surface area contributed by atoms with Gasteiger partial charge in [-0.1, -0.05) is 41.9 Å². The zero-order chi connectivity index (χ0) is 20.5. The highest BCUT2D eigenvalue weighted by molar-refractivity contribution is 14.0. The molecule has 0 aliphatic rings. The molecule has 0 amide bonds. The van der Waals surface area contributed by atoms with Crippen molar-refractivity contribution in [3.63, 3.8) is 0 Å². The third-order valence-corrected chi connectivity index (χ3v) is 4.64. The van der Waals surface area contributed by atoms with Gasteiger partial charge in [-0.05, 0) is 43.2 Å². The number of rotatable bonds is 8. The van der Waals surface area contributed by atoms with Crippen molar-refractivity contribution >= 4 is 41.5 Å². The van der Waals surface area contributed by atoms with Crippen molar-refractivity contribution in [3.05, 3.63) is 83.1 Å². The first-order valence-corrected chi connectivity index (χ1v) is 10.1. The van der Waals surface area contributed by atoms with Gasteiger partial charge in [0.1, 0.15) is 0 Å². The van der Waals surface area contributed by atoms with Gasteiger partial charge in [0, 0.05) is 29.9 Å². The van der Waals surface area contributed by atoms with E-state index in [0.29, 0.717) is 30.5 Å². The number of hydrogen-bond acceptors (Lipinski definition) is 3. The van der Waals surface area contributed by atoms with Crippen LogP contribution in [0.3, 0.4) is 0 Å². The Labute approximate surface area is 199 Å². The van der Waals surface area contributed by atoms with Crippen LogP contribution in [-0.2, 0) is 6.54 Å². The Balaban J connectivity index is 0.00000320. The molecule has 6 nitrogen and oxygen atoms in total. The fourth-order valence-electron chi connectivity index (χ4n) is 2.86. The predicted molar refractivity (Wildman–Crippen MR) is 133 cm³/mol. The minimum absolute atomic E-state index is 0. The van der Waals surface area contributed by atoms with Gasteiger partial charge in [0.2, 0.25) is 0 Å². The Morgan fingerprint density at radius 1 is 1.13 bits per heavy atom. The zero-order valence-electron chi connectivity index (χ0n) is 16.8. The number of aliphatic hydroxyl groups is 1. The van der Waals surface area contributed by atoms with E-state index in [2.05, 4.69) is 20.7 Å². The Morgan fingerprint density at radius 2 is 1.87 bits per heavy atom. The van der Waals surface area contributed by atoms with E-state index < -0.39 is 6.10 Å². The molecule has 160 valence electrons. The molecule has 0 saturated carbocycles. The van der Waals surface area contributed by atoms with Gasteiger partial charge >= 0.3 is 0 Å². The van der Waals surface area contributed by atoms with E-state index in [0.717, 1.165) is 23.4 Å². The molecule has 0 fully saturated rings.